The molecule has 0 radical (unpaired) electrons. The molecule has 2 unspecified atom stereocenters. The average Bonchev–Trinajstić information content (AvgIpc) is 2.62. The van der Waals surface area contributed by atoms with Crippen LogP contribution in [0.3, 0.4) is 0 Å². The summed E-state index contributed by atoms with van der Waals surface area (Å²) in [7, 11) is 3.92. The number of likely N-dealkylation sites (N-methyl/N-ethyl adjacent to an activating group) is 1. The van der Waals surface area contributed by atoms with Gasteiger partial charge in [-0.1, -0.05) is 25.5 Å². The number of aryl methyl sites for hydroxylation is 1. The lowest BCUT2D eigenvalue weighted by Crippen LogP contribution is -2.29. The molecule has 15 heavy (non-hydrogen) atoms. The Kier molecular flexibility index (Phi) is 4.75. The highest BCUT2D eigenvalue weighted by atomic mass is 15.4. The Morgan fingerprint density at radius 3 is 2.73 bits per heavy atom. The lowest BCUT2D eigenvalue weighted by atomic mass is 9.97. The van der Waals surface area contributed by atoms with Gasteiger partial charge >= 0.3 is 0 Å². The van der Waals surface area contributed by atoms with Crippen LogP contribution in [0.4, 0.5) is 0 Å². The molecule has 1 heterocycles. The second-order valence-corrected chi connectivity index (χ2v) is 4.32. The van der Waals surface area contributed by atoms with E-state index in [9.17, 15) is 0 Å². The molecule has 1 N–H and O–H groups in total. The van der Waals surface area contributed by atoms with Crippen molar-refractivity contribution < 1.29 is 0 Å². The Morgan fingerprint density at radius 2 is 2.27 bits per heavy atom. The van der Waals surface area contributed by atoms with Gasteiger partial charge < -0.3 is 5.32 Å². The van der Waals surface area contributed by atoms with Crippen LogP contribution in [0.5, 0.6) is 0 Å². The van der Waals surface area contributed by atoms with E-state index in [1.807, 2.05) is 20.3 Å². The van der Waals surface area contributed by atoms with Crippen molar-refractivity contribution in [2.45, 2.75) is 39.2 Å². The van der Waals surface area contributed by atoms with Gasteiger partial charge in [-0.25, -0.2) is 0 Å². The summed E-state index contributed by atoms with van der Waals surface area (Å²) in [4.78, 5) is 0. The first-order valence-corrected chi connectivity index (χ1v) is 5.68. The van der Waals surface area contributed by atoms with Crippen molar-refractivity contribution in [2.24, 2.45) is 13.0 Å². The van der Waals surface area contributed by atoms with Gasteiger partial charge in [-0.05, 0) is 19.4 Å². The maximum Gasteiger partial charge on any atom is 0.0842 e. The summed E-state index contributed by atoms with van der Waals surface area (Å²) in [5, 5.41) is 11.4. The number of aromatic nitrogens is 3. The molecule has 0 aliphatic rings. The molecule has 4 nitrogen and oxygen atoms in total. The summed E-state index contributed by atoms with van der Waals surface area (Å²) in [6.07, 6.45) is 5.39. The summed E-state index contributed by atoms with van der Waals surface area (Å²) in [6, 6.07) is 0.511. The Morgan fingerprint density at radius 1 is 1.53 bits per heavy atom. The molecule has 0 fully saturated rings. The Bertz CT molecular complexity index is 282. The summed E-state index contributed by atoms with van der Waals surface area (Å²) < 4.78 is 1.76. The van der Waals surface area contributed by atoms with E-state index in [4.69, 9.17) is 0 Å². The topological polar surface area (TPSA) is 42.7 Å². The van der Waals surface area contributed by atoms with Crippen LogP contribution in [-0.4, -0.2) is 28.1 Å². The molecular formula is C11H22N4. The highest BCUT2D eigenvalue weighted by Gasteiger charge is 2.12. The lowest BCUT2D eigenvalue weighted by molar-refractivity contribution is 0.408. The van der Waals surface area contributed by atoms with Gasteiger partial charge in [-0.3, -0.25) is 4.68 Å². The number of nitrogens with one attached hydrogen (secondary N) is 1. The lowest BCUT2D eigenvalue weighted by Gasteiger charge is -2.18. The molecule has 0 aromatic carbocycles. The Hall–Kier alpha value is -0.900. The first-order valence-electron chi connectivity index (χ1n) is 5.68. The molecule has 0 aliphatic heterocycles. The molecule has 0 saturated heterocycles. The third kappa shape index (κ3) is 4.00. The SMILES string of the molecule is CCC(C)CC(Cc1cn(C)nn1)NC. The fourth-order valence-electron chi connectivity index (χ4n) is 1.70. The van der Waals surface area contributed by atoms with E-state index in [1.165, 1.54) is 12.8 Å². The minimum absolute atomic E-state index is 0.511. The van der Waals surface area contributed by atoms with Crippen LogP contribution in [0, 0.1) is 5.92 Å². The molecule has 1 aromatic rings. The maximum absolute atomic E-state index is 4.11. The number of nitrogens with zero attached hydrogens (tertiary/aromatic N) is 3. The van der Waals surface area contributed by atoms with E-state index in [0.29, 0.717) is 6.04 Å². The van der Waals surface area contributed by atoms with E-state index < -0.39 is 0 Å². The van der Waals surface area contributed by atoms with Gasteiger partial charge in [0.25, 0.3) is 0 Å². The normalized spacial score (nSPS) is 15.2. The number of rotatable bonds is 6. The van der Waals surface area contributed by atoms with Crippen molar-refractivity contribution in [1.82, 2.24) is 20.3 Å². The summed E-state index contributed by atoms with van der Waals surface area (Å²) in [5.74, 6) is 0.763. The van der Waals surface area contributed by atoms with Crippen LogP contribution >= 0.6 is 0 Å². The van der Waals surface area contributed by atoms with Crippen LogP contribution in [0.2, 0.25) is 0 Å². The molecule has 0 aliphatic carbocycles. The zero-order valence-corrected chi connectivity index (χ0v) is 10.2. The molecule has 0 spiro atoms. The van der Waals surface area contributed by atoms with Crippen LogP contribution in [0.1, 0.15) is 32.4 Å². The van der Waals surface area contributed by atoms with Gasteiger partial charge in [0.1, 0.15) is 0 Å². The standard InChI is InChI=1S/C11H22N4/c1-5-9(2)6-10(12-3)7-11-8-15(4)14-13-11/h8-10,12H,5-7H2,1-4H3. The van der Waals surface area contributed by atoms with E-state index in [0.717, 1.165) is 18.0 Å². The van der Waals surface area contributed by atoms with Gasteiger partial charge in [0.2, 0.25) is 0 Å². The molecule has 0 amide bonds. The van der Waals surface area contributed by atoms with Crippen LogP contribution in [0.15, 0.2) is 6.20 Å². The van der Waals surface area contributed by atoms with E-state index >= 15 is 0 Å². The zero-order chi connectivity index (χ0) is 11.3. The highest BCUT2D eigenvalue weighted by molar-refractivity contribution is 4.95. The molecule has 4 heteroatoms. The van der Waals surface area contributed by atoms with Gasteiger partial charge in [-0.2, -0.15) is 0 Å². The Balaban J connectivity index is 2.46. The van der Waals surface area contributed by atoms with Crippen molar-refractivity contribution in [3.63, 3.8) is 0 Å². The highest BCUT2D eigenvalue weighted by Crippen LogP contribution is 2.12. The monoisotopic (exact) mass is 210 g/mol. The maximum atomic E-state index is 4.11. The van der Waals surface area contributed by atoms with Crippen LogP contribution in [-0.2, 0) is 13.5 Å². The smallest absolute Gasteiger partial charge is 0.0842 e. The quantitative estimate of drug-likeness (QED) is 0.771. The number of hydrogen-bond donors (Lipinski definition) is 1. The van der Waals surface area contributed by atoms with Crippen LogP contribution < -0.4 is 5.32 Å². The van der Waals surface area contributed by atoms with Crippen molar-refractivity contribution in [1.29, 1.82) is 0 Å². The second kappa shape index (κ2) is 5.85. The third-order valence-electron chi connectivity index (χ3n) is 2.90. The minimum Gasteiger partial charge on any atom is -0.317 e. The second-order valence-electron chi connectivity index (χ2n) is 4.32. The molecular weight excluding hydrogens is 188 g/mol. The molecule has 2 atom stereocenters. The first-order chi connectivity index (χ1) is 7.15. The Labute approximate surface area is 92.1 Å². The molecule has 0 bridgehead atoms. The van der Waals surface area contributed by atoms with Crippen molar-refractivity contribution in [3.8, 4) is 0 Å². The van der Waals surface area contributed by atoms with Crippen molar-refractivity contribution in [2.75, 3.05) is 7.05 Å². The summed E-state index contributed by atoms with van der Waals surface area (Å²) in [5.41, 5.74) is 1.07. The fourth-order valence-corrected chi connectivity index (χ4v) is 1.70. The van der Waals surface area contributed by atoms with E-state index in [2.05, 4.69) is 29.5 Å². The molecule has 1 rings (SSSR count). The predicted molar refractivity (Wildman–Crippen MR) is 61.6 cm³/mol. The van der Waals surface area contributed by atoms with E-state index in [1.54, 1.807) is 4.68 Å². The molecule has 86 valence electrons. The van der Waals surface area contributed by atoms with E-state index in [-0.39, 0.29) is 0 Å². The fraction of sp³-hybridized carbons (Fsp3) is 0.818. The third-order valence-corrected chi connectivity index (χ3v) is 2.90. The summed E-state index contributed by atoms with van der Waals surface area (Å²) >= 11 is 0. The van der Waals surface area contributed by atoms with Gasteiger partial charge in [0.05, 0.1) is 5.69 Å². The van der Waals surface area contributed by atoms with Gasteiger partial charge in [0.15, 0.2) is 0 Å². The van der Waals surface area contributed by atoms with Gasteiger partial charge in [0, 0.05) is 25.7 Å². The van der Waals surface area contributed by atoms with Crippen molar-refractivity contribution in [3.05, 3.63) is 11.9 Å². The first kappa shape index (κ1) is 12.2. The van der Waals surface area contributed by atoms with Gasteiger partial charge in [-0.15, -0.1) is 5.10 Å². The average molecular weight is 210 g/mol. The molecule has 0 saturated carbocycles. The largest absolute Gasteiger partial charge is 0.317 e. The molecule has 1 aromatic heterocycles. The van der Waals surface area contributed by atoms with Crippen LogP contribution in [0.25, 0.3) is 0 Å². The predicted octanol–water partition coefficient (Wildman–Crippen LogP) is 1.38. The minimum atomic E-state index is 0.511. The summed E-state index contributed by atoms with van der Waals surface area (Å²) in [6.45, 7) is 4.53. The zero-order valence-electron chi connectivity index (χ0n) is 10.2. The number of hydrogen-bond acceptors (Lipinski definition) is 3. The van der Waals surface area contributed by atoms with Crippen molar-refractivity contribution >= 4 is 0 Å².